The molecule has 94 valence electrons. The first-order valence-corrected chi connectivity index (χ1v) is 6.49. The molecule has 1 aromatic heterocycles. The minimum Gasteiger partial charge on any atom is -0.369 e. The first-order chi connectivity index (χ1) is 8.70. The third-order valence-corrected chi connectivity index (χ3v) is 3.27. The van der Waals surface area contributed by atoms with Crippen molar-refractivity contribution >= 4 is 17.3 Å². The molecule has 0 unspecified atom stereocenters. The number of alkyl halides is 1. The van der Waals surface area contributed by atoms with E-state index in [0.29, 0.717) is 5.88 Å². The summed E-state index contributed by atoms with van der Waals surface area (Å²) < 4.78 is 0. The van der Waals surface area contributed by atoms with Gasteiger partial charge in [0.25, 0.3) is 0 Å². The van der Waals surface area contributed by atoms with E-state index in [2.05, 4.69) is 48.1 Å². The fraction of sp³-hybridized carbons (Fsp3) is 0.267. The number of anilines is 1. The van der Waals surface area contributed by atoms with E-state index in [1.54, 1.807) is 6.20 Å². The smallest absolute Gasteiger partial charge is 0.0597 e. The molecular weight excluding hydrogens is 244 g/mol. The summed E-state index contributed by atoms with van der Waals surface area (Å²) in [6.07, 6.45) is 3.65. The summed E-state index contributed by atoms with van der Waals surface area (Å²) in [7, 11) is 2.06. The second-order valence-electron chi connectivity index (χ2n) is 4.48. The molecule has 0 saturated heterocycles. The average molecular weight is 261 g/mol. The standard InChI is InChI=1S/C15H17ClN2/c1-12-3-5-13(6-4-12)11-18(2)15-10-17-8-7-14(15)9-16/h3-8,10H,9,11H2,1-2H3. The van der Waals surface area contributed by atoms with Gasteiger partial charge in [0.15, 0.2) is 0 Å². The van der Waals surface area contributed by atoms with E-state index in [-0.39, 0.29) is 0 Å². The molecule has 0 aliphatic rings. The molecule has 0 saturated carbocycles. The Kier molecular flexibility index (Phi) is 4.21. The van der Waals surface area contributed by atoms with Gasteiger partial charge in [0.2, 0.25) is 0 Å². The van der Waals surface area contributed by atoms with E-state index < -0.39 is 0 Å². The lowest BCUT2D eigenvalue weighted by Crippen LogP contribution is -2.18. The topological polar surface area (TPSA) is 16.1 Å². The van der Waals surface area contributed by atoms with Crippen molar-refractivity contribution in [1.29, 1.82) is 0 Å². The number of hydrogen-bond donors (Lipinski definition) is 0. The fourth-order valence-electron chi connectivity index (χ4n) is 1.92. The zero-order valence-electron chi connectivity index (χ0n) is 10.7. The molecule has 0 spiro atoms. The van der Waals surface area contributed by atoms with Crippen LogP contribution >= 0.6 is 11.6 Å². The Hall–Kier alpha value is -1.54. The van der Waals surface area contributed by atoms with E-state index in [1.165, 1.54) is 11.1 Å². The highest BCUT2D eigenvalue weighted by molar-refractivity contribution is 6.17. The van der Waals surface area contributed by atoms with Gasteiger partial charge in [-0.3, -0.25) is 4.98 Å². The van der Waals surface area contributed by atoms with E-state index >= 15 is 0 Å². The molecule has 0 amide bonds. The molecule has 2 aromatic rings. The first-order valence-electron chi connectivity index (χ1n) is 5.96. The summed E-state index contributed by atoms with van der Waals surface area (Å²) in [4.78, 5) is 6.35. The molecule has 0 bridgehead atoms. The summed E-state index contributed by atoms with van der Waals surface area (Å²) in [5.41, 5.74) is 4.77. The van der Waals surface area contributed by atoms with Crippen LogP contribution in [0.2, 0.25) is 0 Å². The van der Waals surface area contributed by atoms with Crippen LogP contribution in [0.1, 0.15) is 16.7 Å². The van der Waals surface area contributed by atoms with E-state index in [4.69, 9.17) is 11.6 Å². The van der Waals surface area contributed by atoms with E-state index in [1.807, 2.05) is 12.3 Å². The number of aryl methyl sites for hydroxylation is 1. The molecule has 2 nitrogen and oxygen atoms in total. The Bertz CT molecular complexity index is 508. The molecule has 1 heterocycles. The highest BCUT2D eigenvalue weighted by atomic mass is 35.5. The molecule has 0 fully saturated rings. The molecular formula is C15H17ClN2. The Morgan fingerprint density at radius 2 is 1.89 bits per heavy atom. The van der Waals surface area contributed by atoms with Crippen LogP contribution in [0.15, 0.2) is 42.7 Å². The zero-order valence-corrected chi connectivity index (χ0v) is 11.5. The monoisotopic (exact) mass is 260 g/mol. The van der Waals surface area contributed by atoms with Crippen LogP contribution in [0, 0.1) is 6.92 Å². The molecule has 0 N–H and O–H groups in total. The second-order valence-corrected chi connectivity index (χ2v) is 4.75. The van der Waals surface area contributed by atoms with Crippen molar-refractivity contribution in [1.82, 2.24) is 4.98 Å². The lowest BCUT2D eigenvalue weighted by Gasteiger charge is -2.21. The van der Waals surface area contributed by atoms with Gasteiger partial charge in [-0.05, 0) is 24.1 Å². The summed E-state index contributed by atoms with van der Waals surface area (Å²) in [6, 6.07) is 10.5. The highest BCUT2D eigenvalue weighted by Gasteiger charge is 2.07. The molecule has 0 aliphatic heterocycles. The maximum Gasteiger partial charge on any atom is 0.0597 e. The molecule has 0 radical (unpaired) electrons. The highest BCUT2D eigenvalue weighted by Crippen LogP contribution is 2.21. The van der Waals surface area contributed by atoms with Crippen molar-refractivity contribution in [3.63, 3.8) is 0 Å². The number of benzene rings is 1. The number of nitrogens with zero attached hydrogens (tertiary/aromatic N) is 2. The van der Waals surface area contributed by atoms with Crippen LogP contribution in [0.5, 0.6) is 0 Å². The number of rotatable bonds is 4. The molecule has 2 rings (SSSR count). The SMILES string of the molecule is Cc1ccc(CN(C)c2cnccc2CCl)cc1. The predicted octanol–water partition coefficient (Wildman–Crippen LogP) is 3.77. The summed E-state index contributed by atoms with van der Waals surface area (Å²) >= 11 is 5.95. The molecule has 18 heavy (non-hydrogen) atoms. The minimum absolute atomic E-state index is 0.510. The summed E-state index contributed by atoms with van der Waals surface area (Å²) in [5, 5.41) is 0. The van der Waals surface area contributed by atoms with Gasteiger partial charge in [-0.1, -0.05) is 29.8 Å². The van der Waals surface area contributed by atoms with Crippen molar-refractivity contribution in [2.45, 2.75) is 19.3 Å². The van der Waals surface area contributed by atoms with Gasteiger partial charge >= 0.3 is 0 Å². The van der Waals surface area contributed by atoms with Crippen molar-refractivity contribution < 1.29 is 0 Å². The second kappa shape index (κ2) is 5.87. The van der Waals surface area contributed by atoms with Gasteiger partial charge in [0, 0.05) is 25.7 Å². The number of pyridine rings is 1. The van der Waals surface area contributed by atoms with Gasteiger partial charge in [0.1, 0.15) is 0 Å². The van der Waals surface area contributed by atoms with Crippen LogP contribution in [-0.2, 0) is 12.4 Å². The third kappa shape index (κ3) is 3.02. The summed E-state index contributed by atoms with van der Waals surface area (Å²) in [6.45, 7) is 2.95. The lowest BCUT2D eigenvalue weighted by atomic mass is 10.1. The normalized spacial score (nSPS) is 10.4. The van der Waals surface area contributed by atoms with Gasteiger partial charge in [-0.2, -0.15) is 0 Å². The third-order valence-electron chi connectivity index (χ3n) is 2.98. The number of halogens is 1. The quantitative estimate of drug-likeness (QED) is 0.778. The molecule has 3 heteroatoms. The van der Waals surface area contributed by atoms with Crippen molar-refractivity contribution in [3.8, 4) is 0 Å². The lowest BCUT2D eigenvalue weighted by molar-refractivity contribution is 0.909. The van der Waals surface area contributed by atoms with Crippen molar-refractivity contribution in [2.24, 2.45) is 0 Å². The Morgan fingerprint density at radius 1 is 1.17 bits per heavy atom. The number of aromatic nitrogens is 1. The van der Waals surface area contributed by atoms with Gasteiger partial charge in [-0.15, -0.1) is 11.6 Å². The largest absolute Gasteiger partial charge is 0.369 e. The number of hydrogen-bond acceptors (Lipinski definition) is 2. The average Bonchev–Trinajstić information content (AvgIpc) is 2.41. The molecule has 1 aromatic carbocycles. The maximum absolute atomic E-state index is 5.95. The zero-order chi connectivity index (χ0) is 13.0. The van der Waals surface area contributed by atoms with Gasteiger partial charge in [0.05, 0.1) is 11.9 Å². The van der Waals surface area contributed by atoms with Gasteiger partial charge in [-0.25, -0.2) is 0 Å². The Balaban J connectivity index is 2.16. The Labute approximate surface area is 113 Å². The first kappa shape index (κ1) is 12.9. The van der Waals surface area contributed by atoms with Crippen LogP contribution in [0.3, 0.4) is 0 Å². The van der Waals surface area contributed by atoms with Crippen LogP contribution in [-0.4, -0.2) is 12.0 Å². The van der Waals surface area contributed by atoms with E-state index in [0.717, 1.165) is 17.8 Å². The van der Waals surface area contributed by atoms with Crippen molar-refractivity contribution in [3.05, 3.63) is 59.4 Å². The van der Waals surface area contributed by atoms with Crippen LogP contribution in [0.4, 0.5) is 5.69 Å². The fourth-order valence-corrected chi connectivity index (χ4v) is 2.15. The Morgan fingerprint density at radius 3 is 2.56 bits per heavy atom. The minimum atomic E-state index is 0.510. The molecule has 0 atom stereocenters. The van der Waals surface area contributed by atoms with Crippen LogP contribution in [0.25, 0.3) is 0 Å². The maximum atomic E-state index is 5.95. The van der Waals surface area contributed by atoms with Gasteiger partial charge < -0.3 is 4.90 Å². The van der Waals surface area contributed by atoms with E-state index in [9.17, 15) is 0 Å². The van der Waals surface area contributed by atoms with Crippen LogP contribution < -0.4 is 4.90 Å². The van der Waals surface area contributed by atoms with Crippen molar-refractivity contribution in [2.75, 3.05) is 11.9 Å². The molecule has 0 aliphatic carbocycles. The predicted molar refractivity (Wildman–Crippen MR) is 77.1 cm³/mol. The summed E-state index contributed by atoms with van der Waals surface area (Å²) in [5.74, 6) is 0.510.